The summed E-state index contributed by atoms with van der Waals surface area (Å²) in [4.78, 5) is 4.29. The minimum Gasteiger partial charge on any atom is -0.326 e. The normalized spacial score (nSPS) is 9.62. The number of aryl methyl sites for hydroxylation is 1. The average molecular weight is 235 g/mol. The van der Waals surface area contributed by atoms with Crippen molar-refractivity contribution in [2.24, 2.45) is 5.73 Å². The lowest BCUT2D eigenvalue weighted by atomic mass is 9.99. The smallest absolute Gasteiger partial charge is 0.0451 e. The summed E-state index contributed by atoms with van der Waals surface area (Å²) in [6, 6.07) is 12.2. The molecule has 0 unspecified atom stereocenters. The first-order valence-corrected chi connectivity index (χ1v) is 5.03. The highest BCUT2D eigenvalue weighted by Crippen LogP contribution is 2.24. The summed E-state index contributed by atoms with van der Waals surface area (Å²) in [5.74, 6) is 0. The van der Waals surface area contributed by atoms with Crippen LogP contribution < -0.4 is 5.73 Å². The molecule has 0 aliphatic carbocycles. The van der Waals surface area contributed by atoms with Gasteiger partial charge in [-0.3, -0.25) is 4.98 Å². The lowest BCUT2D eigenvalue weighted by Crippen LogP contribution is -1.99. The molecule has 1 aromatic carbocycles. The molecule has 0 amide bonds. The molecular formula is C13H15ClN2. The summed E-state index contributed by atoms with van der Waals surface area (Å²) in [7, 11) is 0. The molecule has 84 valence electrons. The van der Waals surface area contributed by atoms with Crippen LogP contribution in [0.5, 0.6) is 0 Å². The molecule has 0 fully saturated rings. The molecule has 0 aliphatic rings. The highest BCUT2D eigenvalue weighted by Gasteiger charge is 2.05. The van der Waals surface area contributed by atoms with Crippen molar-refractivity contribution in [2.45, 2.75) is 13.5 Å². The molecule has 0 spiro atoms. The summed E-state index contributed by atoms with van der Waals surface area (Å²) in [6.45, 7) is 2.58. The van der Waals surface area contributed by atoms with Crippen molar-refractivity contribution in [2.75, 3.05) is 0 Å². The molecule has 2 N–H and O–H groups in total. The summed E-state index contributed by atoms with van der Waals surface area (Å²) in [5.41, 5.74) is 10.3. The van der Waals surface area contributed by atoms with Gasteiger partial charge in [0, 0.05) is 24.0 Å². The zero-order valence-corrected chi connectivity index (χ0v) is 10.00. The van der Waals surface area contributed by atoms with Crippen molar-refractivity contribution >= 4 is 12.4 Å². The molecule has 1 heterocycles. The van der Waals surface area contributed by atoms with Crippen molar-refractivity contribution in [1.29, 1.82) is 0 Å². The molecule has 2 aromatic rings. The lowest BCUT2D eigenvalue weighted by molar-refractivity contribution is 1.07. The quantitative estimate of drug-likeness (QED) is 0.868. The molecule has 0 aliphatic heterocycles. The molecule has 16 heavy (non-hydrogen) atoms. The van der Waals surface area contributed by atoms with Crippen LogP contribution in [0.15, 0.2) is 42.6 Å². The standard InChI is InChI=1S/C13H14N2.ClH/c1-10-12(7-4-8-15-10)13-6-3-2-5-11(13)9-14;/h2-8H,9,14H2,1H3;1H. The van der Waals surface area contributed by atoms with Crippen molar-refractivity contribution in [3.8, 4) is 11.1 Å². The predicted molar refractivity (Wildman–Crippen MR) is 69.5 cm³/mol. The Morgan fingerprint density at radius 3 is 2.44 bits per heavy atom. The first kappa shape index (κ1) is 12.7. The van der Waals surface area contributed by atoms with Crippen LogP contribution >= 0.6 is 12.4 Å². The fourth-order valence-electron chi connectivity index (χ4n) is 1.73. The second kappa shape index (κ2) is 5.64. The number of benzene rings is 1. The van der Waals surface area contributed by atoms with Gasteiger partial charge in [-0.05, 0) is 24.1 Å². The van der Waals surface area contributed by atoms with E-state index >= 15 is 0 Å². The Kier molecular flexibility index (Phi) is 4.47. The van der Waals surface area contributed by atoms with Gasteiger partial charge in [0.1, 0.15) is 0 Å². The molecule has 2 rings (SSSR count). The third-order valence-electron chi connectivity index (χ3n) is 2.53. The number of aromatic nitrogens is 1. The van der Waals surface area contributed by atoms with E-state index in [0.717, 1.165) is 11.3 Å². The summed E-state index contributed by atoms with van der Waals surface area (Å²) < 4.78 is 0. The Bertz CT molecular complexity index is 469. The number of pyridine rings is 1. The Hall–Kier alpha value is -1.38. The van der Waals surface area contributed by atoms with Crippen LogP contribution in [0.25, 0.3) is 11.1 Å². The molecule has 3 heteroatoms. The van der Waals surface area contributed by atoms with Crippen LogP contribution in [-0.2, 0) is 6.54 Å². The molecule has 0 radical (unpaired) electrons. The summed E-state index contributed by atoms with van der Waals surface area (Å²) in [6.07, 6.45) is 1.81. The predicted octanol–water partition coefficient (Wildman–Crippen LogP) is 2.94. The van der Waals surface area contributed by atoms with Gasteiger partial charge < -0.3 is 5.73 Å². The van der Waals surface area contributed by atoms with Crippen molar-refractivity contribution in [3.05, 3.63) is 53.9 Å². The Morgan fingerprint density at radius 2 is 1.75 bits per heavy atom. The Labute approximate surface area is 102 Å². The van der Waals surface area contributed by atoms with Crippen LogP contribution in [0.3, 0.4) is 0 Å². The summed E-state index contributed by atoms with van der Waals surface area (Å²) in [5, 5.41) is 0. The zero-order chi connectivity index (χ0) is 10.7. The average Bonchev–Trinajstić information content (AvgIpc) is 2.30. The first-order valence-electron chi connectivity index (χ1n) is 5.03. The maximum absolute atomic E-state index is 5.72. The van der Waals surface area contributed by atoms with E-state index in [-0.39, 0.29) is 12.4 Å². The van der Waals surface area contributed by atoms with Crippen molar-refractivity contribution in [1.82, 2.24) is 4.98 Å². The van der Waals surface area contributed by atoms with E-state index in [9.17, 15) is 0 Å². The van der Waals surface area contributed by atoms with E-state index in [1.807, 2.05) is 31.3 Å². The first-order chi connectivity index (χ1) is 7.33. The molecule has 0 atom stereocenters. The maximum atomic E-state index is 5.72. The largest absolute Gasteiger partial charge is 0.326 e. The second-order valence-corrected chi connectivity index (χ2v) is 3.50. The van der Waals surface area contributed by atoms with E-state index in [4.69, 9.17) is 5.73 Å². The van der Waals surface area contributed by atoms with Gasteiger partial charge in [0.2, 0.25) is 0 Å². The van der Waals surface area contributed by atoms with E-state index in [1.165, 1.54) is 11.1 Å². The second-order valence-electron chi connectivity index (χ2n) is 3.50. The molecule has 1 aromatic heterocycles. The third-order valence-corrected chi connectivity index (χ3v) is 2.53. The van der Waals surface area contributed by atoms with Gasteiger partial charge in [-0.25, -0.2) is 0 Å². The van der Waals surface area contributed by atoms with E-state index < -0.39 is 0 Å². The molecule has 0 saturated carbocycles. The van der Waals surface area contributed by atoms with Crippen LogP contribution in [0.2, 0.25) is 0 Å². The van der Waals surface area contributed by atoms with Gasteiger partial charge in [-0.15, -0.1) is 12.4 Å². The van der Waals surface area contributed by atoms with Crippen molar-refractivity contribution < 1.29 is 0 Å². The monoisotopic (exact) mass is 234 g/mol. The van der Waals surface area contributed by atoms with Crippen LogP contribution in [-0.4, -0.2) is 4.98 Å². The number of halogens is 1. The van der Waals surface area contributed by atoms with E-state index in [2.05, 4.69) is 23.2 Å². The molecule has 0 saturated heterocycles. The Morgan fingerprint density at radius 1 is 1.06 bits per heavy atom. The van der Waals surface area contributed by atoms with Crippen molar-refractivity contribution in [3.63, 3.8) is 0 Å². The number of hydrogen-bond donors (Lipinski definition) is 1. The minimum atomic E-state index is 0. The van der Waals surface area contributed by atoms with E-state index in [0.29, 0.717) is 6.54 Å². The lowest BCUT2D eigenvalue weighted by Gasteiger charge is -2.09. The number of nitrogens with zero attached hydrogens (tertiary/aromatic N) is 1. The van der Waals surface area contributed by atoms with Gasteiger partial charge in [0.25, 0.3) is 0 Å². The van der Waals surface area contributed by atoms with Crippen LogP contribution in [0.4, 0.5) is 0 Å². The zero-order valence-electron chi connectivity index (χ0n) is 9.18. The maximum Gasteiger partial charge on any atom is 0.0451 e. The highest BCUT2D eigenvalue weighted by molar-refractivity contribution is 5.85. The van der Waals surface area contributed by atoms with Crippen LogP contribution in [0.1, 0.15) is 11.3 Å². The summed E-state index contributed by atoms with van der Waals surface area (Å²) >= 11 is 0. The number of nitrogens with two attached hydrogens (primary N) is 1. The minimum absolute atomic E-state index is 0. The molecule has 2 nitrogen and oxygen atoms in total. The van der Waals surface area contributed by atoms with Gasteiger partial charge in [-0.1, -0.05) is 30.3 Å². The SMILES string of the molecule is Cc1ncccc1-c1ccccc1CN.Cl. The number of rotatable bonds is 2. The van der Waals surface area contributed by atoms with Gasteiger partial charge >= 0.3 is 0 Å². The van der Waals surface area contributed by atoms with Crippen LogP contribution in [0, 0.1) is 6.92 Å². The number of hydrogen-bond acceptors (Lipinski definition) is 2. The fourth-order valence-corrected chi connectivity index (χ4v) is 1.73. The van der Waals surface area contributed by atoms with Gasteiger partial charge in [-0.2, -0.15) is 0 Å². The van der Waals surface area contributed by atoms with E-state index in [1.54, 1.807) is 0 Å². The fraction of sp³-hybridized carbons (Fsp3) is 0.154. The topological polar surface area (TPSA) is 38.9 Å². The molecular weight excluding hydrogens is 220 g/mol. The van der Waals surface area contributed by atoms with Gasteiger partial charge in [0.15, 0.2) is 0 Å². The Balaban J connectivity index is 0.00000128. The molecule has 0 bridgehead atoms. The highest BCUT2D eigenvalue weighted by atomic mass is 35.5. The van der Waals surface area contributed by atoms with Gasteiger partial charge in [0.05, 0.1) is 0 Å². The third kappa shape index (κ3) is 2.40.